The molecule has 3 atom stereocenters. The Bertz CT molecular complexity index is 624. The van der Waals surface area contributed by atoms with E-state index in [0.29, 0.717) is 18.4 Å². The van der Waals surface area contributed by atoms with Gasteiger partial charge in [-0.3, -0.25) is 4.55 Å². The van der Waals surface area contributed by atoms with Gasteiger partial charge in [-0.25, -0.2) is 0 Å². The van der Waals surface area contributed by atoms with Crippen LogP contribution in [0.5, 0.6) is 0 Å². The lowest BCUT2D eigenvalue weighted by Gasteiger charge is -2.27. The quantitative estimate of drug-likeness (QED) is 0.568. The van der Waals surface area contributed by atoms with Crippen molar-refractivity contribution in [2.45, 2.75) is 30.3 Å². The normalized spacial score (nSPS) is 30.1. The van der Waals surface area contributed by atoms with Crippen LogP contribution in [-0.2, 0) is 10.1 Å². The van der Waals surface area contributed by atoms with Gasteiger partial charge in [0.1, 0.15) is 0 Å². The van der Waals surface area contributed by atoms with Crippen LogP contribution in [0.3, 0.4) is 0 Å². The summed E-state index contributed by atoms with van der Waals surface area (Å²) in [5.74, 6) is 0.959. The van der Waals surface area contributed by atoms with Crippen molar-refractivity contribution in [1.82, 2.24) is 0 Å². The van der Waals surface area contributed by atoms with Gasteiger partial charge in [0.25, 0.3) is 10.1 Å². The minimum absolute atomic E-state index is 0.0666. The number of hydrogen-bond acceptors (Lipinski definition) is 4. The molecule has 2 aliphatic carbocycles. The van der Waals surface area contributed by atoms with E-state index in [4.69, 9.17) is 10.3 Å². The van der Waals surface area contributed by atoms with Crippen LogP contribution in [0.2, 0.25) is 0 Å². The number of rotatable bonds is 2. The number of nitrogens with two attached hydrogens (primary N) is 1. The predicted molar refractivity (Wildman–Crippen MR) is 80.4 cm³/mol. The van der Waals surface area contributed by atoms with Crippen molar-refractivity contribution in [2.24, 2.45) is 17.6 Å². The van der Waals surface area contributed by atoms with Gasteiger partial charge < -0.3 is 10.8 Å². The highest BCUT2D eigenvalue weighted by Crippen LogP contribution is 2.45. The molecule has 1 saturated carbocycles. The van der Waals surface area contributed by atoms with Gasteiger partial charge >= 0.3 is 0 Å². The maximum absolute atomic E-state index is 10.5. The van der Waals surface area contributed by atoms with Crippen LogP contribution in [0, 0.1) is 18.8 Å². The number of hydrogen-bond donors (Lipinski definition) is 3. The summed E-state index contributed by atoms with van der Waals surface area (Å²) in [6.45, 7) is 2.26. The molecule has 0 spiro atoms. The molecular weight excluding hydrogens is 290 g/mol. The van der Waals surface area contributed by atoms with E-state index in [1.165, 1.54) is 12.1 Å². The van der Waals surface area contributed by atoms with E-state index in [0.717, 1.165) is 18.4 Å². The molecule has 2 bridgehead atoms. The van der Waals surface area contributed by atoms with Crippen molar-refractivity contribution in [3.8, 4) is 0 Å². The SMILES string of the molecule is Cc1ccc(S(=O)(=O)O)cc1.NCC1(O)CC2C=CC1C2. The summed E-state index contributed by atoms with van der Waals surface area (Å²) in [5, 5.41) is 9.81. The fraction of sp³-hybridized carbons (Fsp3) is 0.467. The zero-order valence-corrected chi connectivity index (χ0v) is 12.8. The fourth-order valence-corrected chi connectivity index (χ4v) is 3.35. The highest BCUT2D eigenvalue weighted by molar-refractivity contribution is 7.85. The molecule has 0 aromatic heterocycles. The Balaban J connectivity index is 0.000000154. The average Bonchev–Trinajstić information content (AvgIpc) is 2.99. The Hall–Kier alpha value is -1.21. The number of benzene rings is 1. The van der Waals surface area contributed by atoms with Crippen LogP contribution in [-0.4, -0.2) is 30.2 Å². The van der Waals surface area contributed by atoms with Gasteiger partial charge in [0.2, 0.25) is 0 Å². The maximum atomic E-state index is 10.5. The van der Waals surface area contributed by atoms with Crippen molar-refractivity contribution >= 4 is 10.1 Å². The van der Waals surface area contributed by atoms with Gasteiger partial charge in [-0.15, -0.1) is 0 Å². The Morgan fingerprint density at radius 1 is 1.29 bits per heavy atom. The number of fused-ring (bicyclic) bond motifs is 2. The zero-order chi connectivity index (χ0) is 15.7. The van der Waals surface area contributed by atoms with Gasteiger partial charge in [-0.1, -0.05) is 29.8 Å². The van der Waals surface area contributed by atoms with E-state index in [2.05, 4.69) is 12.2 Å². The van der Waals surface area contributed by atoms with Gasteiger partial charge in [0, 0.05) is 12.5 Å². The van der Waals surface area contributed by atoms with Crippen LogP contribution < -0.4 is 5.73 Å². The van der Waals surface area contributed by atoms with E-state index in [1.54, 1.807) is 12.1 Å². The summed E-state index contributed by atoms with van der Waals surface area (Å²) < 4.78 is 29.6. The summed E-state index contributed by atoms with van der Waals surface area (Å²) in [4.78, 5) is -0.0666. The highest BCUT2D eigenvalue weighted by atomic mass is 32.2. The van der Waals surface area contributed by atoms with E-state index < -0.39 is 15.7 Å². The first-order valence-electron chi connectivity index (χ1n) is 6.89. The summed E-state index contributed by atoms with van der Waals surface area (Å²) in [6.07, 6.45) is 6.31. The minimum atomic E-state index is -4.02. The van der Waals surface area contributed by atoms with Gasteiger partial charge in [0.05, 0.1) is 10.5 Å². The van der Waals surface area contributed by atoms with Crippen molar-refractivity contribution < 1.29 is 18.1 Å². The zero-order valence-electron chi connectivity index (χ0n) is 11.9. The topological polar surface area (TPSA) is 101 Å². The first kappa shape index (κ1) is 16.2. The predicted octanol–water partition coefficient (Wildman–Crippen LogP) is 1.51. The molecule has 6 heteroatoms. The number of allylic oxidation sites excluding steroid dienone is 1. The molecule has 1 aromatic carbocycles. The monoisotopic (exact) mass is 311 g/mol. The molecule has 2 aliphatic rings. The van der Waals surface area contributed by atoms with Crippen LogP contribution in [0.4, 0.5) is 0 Å². The molecule has 0 aliphatic heterocycles. The van der Waals surface area contributed by atoms with Gasteiger partial charge in [0.15, 0.2) is 0 Å². The van der Waals surface area contributed by atoms with Crippen LogP contribution in [0.1, 0.15) is 18.4 Å². The van der Waals surface area contributed by atoms with Crippen molar-refractivity contribution in [1.29, 1.82) is 0 Å². The molecule has 3 rings (SSSR count). The molecule has 1 fully saturated rings. The largest absolute Gasteiger partial charge is 0.388 e. The molecule has 1 aromatic rings. The number of aliphatic hydroxyl groups is 1. The van der Waals surface area contributed by atoms with Crippen molar-refractivity contribution in [3.05, 3.63) is 42.0 Å². The average molecular weight is 311 g/mol. The third-order valence-electron chi connectivity index (χ3n) is 4.15. The lowest BCUT2D eigenvalue weighted by molar-refractivity contribution is 0.0240. The second-order valence-electron chi connectivity index (χ2n) is 5.79. The number of aryl methyl sites for hydroxylation is 1. The van der Waals surface area contributed by atoms with Crippen molar-refractivity contribution in [2.75, 3.05) is 6.54 Å². The van der Waals surface area contributed by atoms with Crippen LogP contribution >= 0.6 is 0 Å². The van der Waals surface area contributed by atoms with E-state index >= 15 is 0 Å². The Morgan fingerprint density at radius 2 is 1.90 bits per heavy atom. The smallest absolute Gasteiger partial charge is 0.294 e. The molecule has 0 heterocycles. The molecule has 0 amide bonds. The summed E-state index contributed by atoms with van der Waals surface area (Å²) >= 11 is 0. The molecule has 116 valence electrons. The molecule has 21 heavy (non-hydrogen) atoms. The molecule has 0 radical (unpaired) electrons. The highest BCUT2D eigenvalue weighted by Gasteiger charge is 2.45. The summed E-state index contributed by atoms with van der Waals surface area (Å²) in [5.41, 5.74) is 5.87. The molecule has 3 unspecified atom stereocenters. The van der Waals surface area contributed by atoms with Crippen molar-refractivity contribution in [3.63, 3.8) is 0 Å². The minimum Gasteiger partial charge on any atom is -0.388 e. The lowest BCUT2D eigenvalue weighted by Crippen LogP contribution is -2.41. The molecule has 4 N–H and O–H groups in total. The first-order chi connectivity index (χ1) is 9.74. The molecule has 0 saturated heterocycles. The van der Waals surface area contributed by atoms with Gasteiger partial charge in [-0.05, 0) is 37.8 Å². The van der Waals surface area contributed by atoms with Crippen LogP contribution in [0.25, 0.3) is 0 Å². The van der Waals surface area contributed by atoms with Gasteiger partial charge in [-0.2, -0.15) is 8.42 Å². The fourth-order valence-electron chi connectivity index (χ4n) is 2.87. The second-order valence-corrected chi connectivity index (χ2v) is 7.21. The standard InChI is InChI=1S/C8H13NO.C7H8O3S/c9-5-8(10)4-6-1-2-7(8)3-6;1-6-2-4-7(5-3-6)11(8,9)10/h1-2,6-7,10H,3-5,9H2;2-5H,1H3,(H,8,9,10). The van der Waals surface area contributed by atoms with Crippen LogP contribution in [0.15, 0.2) is 41.3 Å². The maximum Gasteiger partial charge on any atom is 0.294 e. The van der Waals surface area contributed by atoms with E-state index in [1.807, 2.05) is 6.92 Å². The Kier molecular flexibility index (Phi) is 4.53. The summed E-state index contributed by atoms with van der Waals surface area (Å²) in [7, 11) is -4.02. The molecule has 5 nitrogen and oxygen atoms in total. The third-order valence-corrected chi connectivity index (χ3v) is 5.02. The first-order valence-corrected chi connectivity index (χ1v) is 8.33. The Labute approximate surface area is 125 Å². The van der Waals surface area contributed by atoms with E-state index in [9.17, 15) is 13.5 Å². The molecular formula is C15H21NO4S. The third kappa shape index (κ3) is 3.71. The van der Waals surface area contributed by atoms with E-state index in [-0.39, 0.29) is 4.90 Å². The summed E-state index contributed by atoms with van der Waals surface area (Å²) in [6, 6.07) is 5.99. The lowest BCUT2D eigenvalue weighted by atomic mass is 9.89. The Morgan fingerprint density at radius 3 is 2.24 bits per heavy atom. The second kappa shape index (κ2) is 5.88.